The molecule has 0 aliphatic carbocycles. The van der Waals surface area contributed by atoms with Crippen molar-refractivity contribution in [2.24, 2.45) is 10.4 Å². The molecule has 1 aromatic heterocycles. The number of nitrogens with zero attached hydrogens (tertiary/aromatic N) is 2. The van der Waals surface area contributed by atoms with Crippen LogP contribution in [0.4, 0.5) is 0 Å². The summed E-state index contributed by atoms with van der Waals surface area (Å²) in [6.45, 7) is 14.3. The minimum atomic E-state index is -0.466. The first kappa shape index (κ1) is 17.7. The zero-order chi connectivity index (χ0) is 17.4. The molecular weight excluding hydrogens is 304 g/mol. The van der Waals surface area contributed by atoms with Gasteiger partial charge in [0.2, 0.25) is 0 Å². The molecule has 0 bridgehead atoms. The van der Waals surface area contributed by atoms with Gasteiger partial charge in [-0.1, -0.05) is 53.7 Å². The topological polar surface area (TPSA) is 34.4 Å². The standard InChI is InChI=1S/C19H26N2OS/c1-13-12-21(17(23-13)20-16(22)19(5,6)7)15-10-8-14(9-11-15)18(2,3)4/h8-12H,1-7H3/b20-17-. The largest absolute Gasteiger partial charge is 0.292 e. The van der Waals surface area contributed by atoms with Crippen molar-refractivity contribution in [2.45, 2.75) is 53.9 Å². The summed E-state index contributed by atoms with van der Waals surface area (Å²) in [5.74, 6) is -0.0978. The van der Waals surface area contributed by atoms with Crippen molar-refractivity contribution in [3.05, 3.63) is 45.7 Å². The highest BCUT2D eigenvalue weighted by Crippen LogP contribution is 2.23. The van der Waals surface area contributed by atoms with Crippen LogP contribution in [-0.2, 0) is 10.2 Å². The van der Waals surface area contributed by atoms with E-state index in [2.05, 4.69) is 50.0 Å². The number of carbonyl (C=O) groups is 1. The molecule has 4 heteroatoms. The summed E-state index contributed by atoms with van der Waals surface area (Å²) in [4.78, 5) is 18.4. The molecule has 0 N–H and O–H groups in total. The van der Waals surface area contributed by atoms with Crippen LogP contribution >= 0.6 is 11.3 Å². The van der Waals surface area contributed by atoms with Crippen LogP contribution < -0.4 is 4.80 Å². The maximum atomic E-state index is 12.2. The second-order valence-electron chi connectivity index (χ2n) is 7.96. The van der Waals surface area contributed by atoms with E-state index in [1.165, 1.54) is 16.9 Å². The molecule has 0 fully saturated rings. The summed E-state index contributed by atoms with van der Waals surface area (Å²) in [6, 6.07) is 8.47. The third-order valence-electron chi connectivity index (χ3n) is 3.62. The van der Waals surface area contributed by atoms with Crippen molar-refractivity contribution in [2.75, 3.05) is 0 Å². The van der Waals surface area contributed by atoms with E-state index in [1.54, 1.807) is 0 Å². The lowest BCUT2D eigenvalue weighted by atomic mass is 9.87. The van der Waals surface area contributed by atoms with Crippen LogP contribution in [0.2, 0.25) is 0 Å². The van der Waals surface area contributed by atoms with Crippen LogP contribution in [0.15, 0.2) is 35.5 Å². The Bertz CT molecular complexity index is 765. The molecule has 0 saturated carbocycles. The Morgan fingerprint density at radius 3 is 2.09 bits per heavy atom. The Morgan fingerprint density at radius 2 is 1.61 bits per heavy atom. The fourth-order valence-corrected chi connectivity index (χ4v) is 2.93. The molecule has 1 heterocycles. The van der Waals surface area contributed by atoms with Crippen molar-refractivity contribution in [3.63, 3.8) is 0 Å². The van der Waals surface area contributed by atoms with Crippen LogP contribution in [0.25, 0.3) is 5.69 Å². The smallest absolute Gasteiger partial charge is 0.253 e. The number of amides is 1. The van der Waals surface area contributed by atoms with Gasteiger partial charge in [-0.25, -0.2) is 0 Å². The molecule has 0 aliphatic heterocycles. The molecule has 0 aliphatic rings. The predicted molar refractivity (Wildman–Crippen MR) is 97.1 cm³/mol. The maximum Gasteiger partial charge on any atom is 0.253 e. The summed E-state index contributed by atoms with van der Waals surface area (Å²) in [5.41, 5.74) is 1.98. The summed E-state index contributed by atoms with van der Waals surface area (Å²) in [7, 11) is 0. The SMILES string of the molecule is Cc1cn(-c2ccc(C(C)(C)C)cc2)/c(=N/C(=O)C(C)(C)C)s1. The molecule has 1 aromatic carbocycles. The number of thiazole rings is 1. The average molecular weight is 330 g/mol. The predicted octanol–water partition coefficient (Wildman–Crippen LogP) is 4.62. The molecule has 23 heavy (non-hydrogen) atoms. The Labute approximate surface area is 142 Å². The van der Waals surface area contributed by atoms with Crippen LogP contribution in [0.3, 0.4) is 0 Å². The maximum absolute atomic E-state index is 12.2. The van der Waals surface area contributed by atoms with Gasteiger partial charge < -0.3 is 0 Å². The molecule has 2 aromatic rings. The molecule has 0 saturated heterocycles. The third kappa shape index (κ3) is 4.20. The van der Waals surface area contributed by atoms with Crippen molar-refractivity contribution in [1.29, 1.82) is 0 Å². The molecule has 3 nitrogen and oxygen atoms in total. The van der Waals surface area contributed by atoms with Gasteiger partial charge in [-0.05, 0) is 30.0 Å². The third-order valence-corrected chi connectivity index (χ3v) is 4.52. The minimum Gasteiger partial charge on any atom is -0.292 e. The van der Waals surface area contributed by atoms with E-state index in [0.717, 1.165) is 15.4 Å². The molecule has 0 spiro atoms. The fraction of sp³-hybridized carbons (Fsp3) is 0.474. The van der Waals surface area contributed by atoms with Gasteiger partial charge in [-0.15, -0.1) is 11.3 Å². The van der Waals surface area contributed by atoms with E-state index in [1.807, 2.05) is 38.5 Å². The monoisotopic (exact) mass is 330 g/mol. The Kier molecular flexibility index (Phi) is 4.67. The normalized spacial score (nSPS) is 13.4. The first-order valence-electron chi connectivity index (χ1n) is 7.88. The van der Waals surface area contributed by atoms with Gasteiger partial charge in [0.15, 0.2) is 4.80 Å². The molecule has 124 valence electrons. The van der Waals surface area contributed by atoms with Gasteiger partial charge in [-0.2, -0.15) is 4.99 Å². The molecular formula is C19H26N2OS. The Morgan fingerprint density at radius 1 is 1.04 bits per heavy atom. The zero-order valence-electron chi connectivity index (χ0n) is 15.1. The van der Waals surface area contributed by atoms with Gasteiger partial charge in [0.1, 0.15) is 0 Å². The number of aryl methyl sites for hydroxylation is 1. The van der Waals surface area contributed by atoms with Gasteiger partial charge in [-0.3, -0.25) is 9.36 Å². The number of hydrogen-bond acceptors (Lipinski definition) is 2. The first-order chi connectivity index (χ1) is 10.5. The molecule has 0 unspecified atom stereocenters. The van der Waals surface area contributed by atoms with E-state index < -0.39 is 5.41 Å². The van der Waals surface area contributed by atoms with Gasteiger partial charge in [0.05, 0.1) is 0 Å². The number of carbonyl (C=O) groups excluding carboxylic acids is 1. The fourth-order valence-electron chi connectivity index (χ4n) is 2.09. The van der Waals surface area contributed by atoms with Crippen LogP contribution in [-0.4, -0.2) is 10.5 Å². The highest BCUT2D eigenvalue weighted by atomic mass is 32.1. The van der Waals surface area contributed by atoms with Crippen molar-refractivity contribution in [1.82, 2.24) is 4.57 Å². The van der Waals surface area contributed by atoms with E-state index in [9.17, 15) is 4.79 Å². The van der Waals surface area contributed by atoms with E-state index in [4.69, 9.17) is 0 Å². The second-order valence-corrected chi connectivity index (χ2v) is 9.17. The highest BCUT2D eigenvalue weighted by Gasteiger charge is 2.21. The molecule has 0 atom stereocenters. The number of hydrogen-bond donors (Lipinski definition) is 0. The minimum absolute atomic E-state index is 0.0978. The molecule has 0 radical (unpaired) electrons. The van der Waals surface area contributed by atoms with Gasteiger partial charge >= 0.3 is 0 Å². The number of rotatable bonds is 1. The lowest BCUT2D eigenvalue weighted by molar-refractivity contribution is -0.125. The van der Waals surface area contributed by atoms with Gasteiger partial charge in [0, 0.05) is 22.2 Å². The van der Waals surface area contributed by atoms with Crippen LogP contribution in [0.1, 0.15) is 52.0 Å². The summed E-state index contributed by atoms with van der Waals surface area (Å²) >= 11 is 1.54. The van der Waals surface area contributed by atoms with Crippen molar-refractivity contribution < 1.29 is 4.79 Å². The zero-order valence-corrected chi connectivity index (χ0v) is 15.9. The lowest BCUT2D eigenvalue weighted by Gasteiger charge is -2.19. The Balaban J connectivity index is 2.49. The summed E-state index contributed by atoms with van der Waals surface area (Å²) in [5, 5.41) is 0. The van der Waals surface area contributed by atoms with Crippen LogP contribution in [0.5, 0.6) is 0 Å². The van der Waals surface area contributed by atoms with Crippen molar-refractivity contribution >= 4 is 17.2 Å². The second kappa shape index (κ2) is 6.08. The van der Waals surface area contributed by atoms with E-state index in [0.29, 0.717) is 0 Å². The first-order valence-corrected chi connectivity index (χ1v) is 8.69. The lowest BCUT2D eigenvalue weighted by Crippen LogP contribution is -2.23. The van der Waals surface area contributed by atoms with E-state index >= 15 is 0 Å². The summed E-state index contributed by atoms with van der Waals surface area (Å²) < 4.78 is 2.00. The summed E-state index contributed by atoms with van der Waals surface area (Å²) in [6.07, 6.45) is 2.03. The average Bonchev–Trinajstić information content (AvgIpc) is 2.77. The molecule has 1 amide bonds. The quantitative estimate of drug-likeness (QED) is 0.751. The van der Waals surface area contributed by atoms with Crippen LogP contribution in [0, 0.1) is 12.3 Å². The number of benzene rings is 1. The van der Waals surface area contributed by atoms with E-state index in [-0.39, 0.29) is 11.3 Å². The number of aromatic nitrogens is 1. The molecule has 2 rings (SSSR count). The van der Waals surface area contributed by atoms with Gasteiger partial charge in [0.25, 0.3) is 5.91 Å². The Hall–Kier alpha value is -1.68. The van der Waals surface area contributed by atoms with Crippen molar-refractivity contribution in [3.8, 4) is 5.69 Å². The highest BCUT2D eigenvalue weighted by molar-refractivity contribution is 7.09.